The number of amides is 3. The summed E-state index contributed by atoms with van der Waals surface area (Å²) >= 11 is 0. The first-order chi connectivity index (χ1) is 21.1. The van der Waals surface area contributed by atoms with Crippen LogP contribution >= 0.6 is 0 Å². The number of benzene rings is 2. The quantitative estimate of drug-likeness (QED) is 0.465. The highest BCUT2D eigenvalue weighted by molar-refractivity contribution is 5.97. The van der Waals surface area contributed by atoms with Gasteiger partial charge in [-0.1, -0.05) is 12.1 Å². The molecule has 2 atom stereocenters. The Hall–Kier alpha value is -4.38. The van der Waals surface area contributed by atoms with Crippen LogP contribution in [0.25, 0.3) is 0 Å². The molecule has 3 aromatic rings. The van der Waals surface area contributed by atoms with Gasteiger partial charge in [0.15, 0.2) is 0 Å². The van der Waals surface area contributed by atoms with Crippen molar-refractivity contribution in [3.8, 4) is 17.2 Å². The lowest BCUT2D eigenvalue weighted by Gasteiger charge is -2.39. The monoisotopic (exact) mass is 603 g/mol. The molecule has 0 saturated carbocycles. The van der Waals surface area contributed by atoms with Gasteiger partial charge in [-0.05, 0) is 70.9 Å². The summed E-state index contributed by atoms with van der Waals surface area (Å²) in [7, 11) is 0. The fourth-order valence-corrected chi connectivity index (χ4v) is 5.67. The van der Waals surface area contributed by atoms with Crippen LogP contribution in [0, 0.1) is 6.92 Å². The molecule has 3 heterocycles. The van der Waals surface area contributed by atoms with E-state index in [1.54, 1.807) is 34.0 Å². The van der Waals surface area contributed by atoms with Gasteiger partial charge in [-0.2, -0.15) is 5.10 Å². The Morgan fingerprint density at radius 1 is 1.11 bits per heavy atom. The number of rotatable bonds is 5. The minimum Gasteiger partial charge on any atom is -0.491 e. The van der Waals surface area contributed by atoms with Crippen LogP contribution in [-0.4, -0.2) is 81.7 Å². The highest BCUT2D eigenvalue weighted by Gasteiger charge is 2.35. The maximum atomic E-state index is 13.7. The van der Waals surface area contributed by atoms with Gasteiger partial charge >= 0.3 is 0 Å². The molecular formula is C33H41N5O6. The number of likely N-dealkylation sites (N-methyl/N-ethyl adjacent to an activating group) is 1. The molecule has 1 saturated heterocycles. The third kappa shape index (κ3) is 7.05. The van der Waals surface area contributed by atoms with E-state index in [0.717, 1.165) is 11.3 Å². The molecule has 1 aromatic heterocycles. The molecule has 2 aliphatic heterocycles. The van der Waals surface area contributed by atoms with Crippen molar-refractivity contribution >= 4 is 17.7 Å². The van der Waals surface area contributed by atoms with E-state index in [2.05, 4.69) is 10.4 Å². The molecule has 4 bridgehead atoms. The Morgan fingerprint density at radius 3 is 2.66 bits per heavy atom. The van der Waals surface area contributed by atoms with Crippen LogP contribution in [0.1, 0.15) is 66.1 Å². The number of fused-ring (bicyclic) bond motifs is 5. The van der Waals surface area contributed by atoms with E-state index in [1.807, 2.05) is 58.9 Å². The van der Waals surface area contributed by atoms with Crippen LogP contribution in [0.2, 0.25) is 0 Å². The number of nitrogens with one attached hydrogen (secondary N) is 1. The molecule has 234 valence electrons. The van der Waals surface area contributed by atoms with E-state index in [-0.39, 0.29) is 43.0 Å². The van der Waals surface area contributed by atoms with Crippen LogP contribution in [0.15, 0.2) is 48.7 Å². The van der Waals surface area contributed by atoms with Crippen molar-refractivity contribution in [2.24, 2.45) is 0 Å². The van der Waals surface area contributed by atoms with Crippen molar-refractivity contribution in [1.82, 2.24) is 24.9 Å². The second-order valence-electron chi connectivity index (χ2n) is 11.5. The van der Waals surface area contributed by atoms with Crippen LogP contribution in [0.3, 0.4) is 0 Å². The normalized spacial score (nSPS) is 19.3. The van der Waals surface area contributed by atoms with E-state index in [0.29, 0.717) is 61.0 Å². The summed E-state index contributed by atoms with van der Waals surface area (Å²) in [6.07, 6.45) is 1.69. The highest BCUT2D eigenvalue weighted by atomic mass is 16.5. The molecule has 0 spiro atoms. The Balaban J connectivity index is 1.44. The van der Waals surface area contributed by atoms with Crippen LogP contribution < -0.4 is 14.8 Å². The summed E-state index contributed by atoms with van der Waals surface area (Å²) in [5, 5.41) is 7.41. The van der Waals surface area contributed by atoms with Gasteiger partial charge in [-0.25, -0.2) is 0 Å². The number of aryl methyl sites for hydroxylation is 1. The summed E-state index contributed by atoms with van der Waals surface area (Å²) < 4.78 is 20.3. The van der Waals surface area contributed by atoms with Crippen LogP contribution in [0.5, 0.6) is 17.2 Å². The number of likely N-dealkylation sites (tertiary alicyclic amines) is 1. The summed E-state index contributed by atoms with van der Waals surface area (Å²) in [5.41, 5.74) is 2.61. The van der Waals surface area contributed by atoms with Gasteiger partial charge in [0.25, 0.3) is 11.8 Å². The van der Waals surface area contributed by atoms with Crippen molar-refractivity contribution < 1.29 is 28.6 Å². The molecule has 2 aliphatic rings. The second-order valence-corrected chi connectivity index (χ2v) is 11.5. The zero-order chi connectivity index (χ0) is 31.4. The Kier molecular flexibility index (Phi) is 9.53. The predicted octanol–water partition coefficient (Wildman–Crippen LogP) is 4.18. The van der Waals surface area contributed by atoms with E-state index >= 15 is 0 Å². The first kappa shape index (κ1) is 31.1. The van der Waals surface area contributed by atoms with Crippen LogP contribution in [-0.2, 0) is 22.7 Å². The third-order valence-electron chi connectivity index (χ3n) is 7.92. The fraction of sp³-hybridized carbons (Fsp3) is 0.455. The van der Waals surface area contributed by atoms with Gasteiger partial charge in [0.2, 0.25) is 5.91 Å². The Bertz CT molecular complexity index is 1520. The molecule has 11 nitrogen and oxygen atoms in total. The maximum absolute atomic E-state index is 13.7. The minimum absolute atomic E-state index is 0.110. The van der Waals surface area contributed by atoms with E-state index in [4.69, 9.17) is 14.2 Å². The van der Waals surface area contributed by atoms with E-state index in [9.17, 15) is 14.4 Å². The first-order valence-electron chi connectivity index (χ1n) is 15.3. The molecule has 5 rings (SSSR count). The summed E-state index contributed by atoms with van der Waals surface area (Å²) in [4.78, 5) is 43.9. The number of carbonyl (C=O) groups is 3. The lowest BCUT2D eigenvalue weighted by Crippen LogP contribution is -2.58. The minimum atomic E-state index is -0.475. The van der Waals surface area contributed by atoms with Crippen molar-refractivity contribution in [2.45, 2.75) is 72.4 Å². The van der Waals surface area contributed by atoms with Gasteiger partial charge in [0.05, 0.1) is 43.2 Å². The standard InChI is InChI=1S/C33H41N5O6/c1-6-36-19-31(39)35-29-18-37(33(41)28-17-34-38(7-2)22(28)5)12-11-30(29)42-20-23-9-8-10-25(13-23)44-27-15-24(32(36)40)14-26(16-27)43-21(3)4/h8-10,13-17,21,29-30H,6-7,11-12,18-20H2,1-5H3,(H,35,39)/t29-,30-/m0/s1. The first-order valence-corrected chi connectivity index (χ1v) is 15.3. The summed E-state index contributed by atoms with van der Waals surface area (Å²) in [5.74, 6) is 0.767. The number of nitrogens with zero attached hydrogens (tertiary/aromatic N) is 4. The number of piperidine rings is 1. The molecule has 2 aromatic carbocycles. The molecule has 1 N–H and O–H groups in total. The number of hydrogen-bond acceptors (Lipinski definition) is 7. The van der Waals surface area contributed by atoms with Crippen molar-refractivity contribution in [2.75, 3.05) is 26.2 Å². The van der Waals surface area contributed by atoms with Crippen molar-refractivity contribution in [1.29, 1.82) is 0 Å². The number of aromatic nitrogens is 2. The van der Waals surface area contributed by atoms with Crippen molar-refractivity contribution in [3.63, 3.8) is 0 Å². The molecule has 0 aliphatic carbocycles. The van der Waals surface area contributed by atoms with Gasteiger partial charge < -0.3 is 29.3 Å². The Labute approximate surface area is 258 Å². The SMILES string of the molecule is CCN1CC(=O)N[C@H]2CN(C(=O)c3cnn(CC)c3C)CC[C@@H]2OCc2cccc(c2)Oc2cc(OC(C)C)cc(c2)C1=O. The van der Waals surface area contributed by atoms with E-state index in [1.165, 1.54) is 4.90 Å². The largest absolute Gasteiger partial charge is 0.491 e. The smallest absolute Gasteiger partial charge is 0.257 e. The fourth-order valence-electron chi connectivity index (χ4n) is 5.67. The predicted molar refractivity (Wildman–Crippen MR) is 164 cm³/mol. The highest BCUT2D eigenvalue weighted by Crippen LogP contribution is 2.30. The molecule has 44 heavy (non-hydrogen) atoms. The lowest BCUT2D eigenvalue weighted by molar-refractivity contribution is -0.124. The van der Waals surface area contributed by atoms with E-state index < -0.39 is 6.04 Å². The second kappa shape index (κ2) is 13.5. The molecule has 1 fully saturated rings. The molecule has 3 amide bonds. The number of ether oxygens (including phenoxy) is 3. The zero-order valence-corrected chi connectivity index (χ0v) is 26.0. The van der Waals surface area contributed by atoms with Crippen molar-refractivity contribution in [3.05, 3.63) is 71.0 Å². The molecule has 11 heteroatoms. The van der Waals surface area contributed by atoms with Gasteiger partial charge in [-0.15, -0.1) is 0 Å². The maximum Gasteiger partial charge on any atom is 0.257 e. The van der Waals surface area contributed by atoms with Gasteiger partial charge in [0, 0.05) is 43.5 Å². The number of hydrogen-bond donors (Lipinski definition) is 1. The Morgan fingerprint density at radius 2 is 1.93 bits per heavy atom. The average Bonchev–Trinajstić information content (AvgIpc) is 3.37. The third-order valence-corrected chi connectivity index (χ3v) is 7.92. The summed E-state index contributed by atoms with van der Waals surface area (Å²) in [6.45, 7) is 11.4. The topological polar surface area (TPSA) is 115 Å². The average molecular weight is 604 g/mol. The van der Waals surface area contributed by atoms with Crippen LogP contribution in [0.4, 0.5) is 0 Å². The molecule has 0 unspecified atom stereocenters. The zero-order valence-electron chi connectivity index (χ0n) is 26.0. The molecular weight excluding hydrogens is 562 g/mol. The number of carbonyl (C=O) groups excluding carboxylic acids is 3. The van der Waals surface area contributed by atoms with Gasteiger partial charge in [0.1, 0.15) is 17.2 Å². The lowest BCUT2D eigenvalue weighted by atomic mass is 10.0. The summed E-state index contributed by atoms with van der Waals surface area (Å²) in [6, 6.07) is 12.2. The van der Waals surface area contributed by atoms with Gasteiger partial charge in [-0.3, -0.25) is 19.1 Å². The molecule has 0 radical (unpaired) electrons.